The van der Waals surface area contributed by atoms with Crippen molar-refractivity contribution in [3.8, 4) is 17.2 Å². The standard InChI is InChI=1S/C16H18N2O3/c1-2-6-13(18-17-11-7-4-3-5-8-11)12-9-15(20)16(21)10-14(12)19/h3-5,7-10,17,19-21H,2,6H2,1H3/b18-13-. The minimum Gasteiger partial charge on any atom is -0.507 e. The molecule has 4 N–H and O–H groups in total. The molecule has 0 saturated carbocycles. The van der Waals surface area contributed by atoms with E-state index in [4.69, 9.17) is 0 Å². The van der Waals surface area contributed by atoms with Crippen LogP contribution in [0.25, 0.3) is 0 Å². The maximum Gasteiger partial charge on any atom is 0.161 e. The Morgan fingerprint density at radius 2 is 1.67 bits per heavy atom. The molecule has 2 rings (SSSR count). The van der Waals surface area contributed by atoms with Gasteiger partial charge < -0.3 is 15.3 Å². The lowest BCUT2D eigenvalue weighted by atomic mass is 10.0. The summed E-state index contributed by atoms with van der Waals surface area (Å²) in [5.41, 5.74) is 4.75. The van der Waals surface area contributed by atoms with Gasteiger partial charge in [-0.25, -0.2) is 0 Å². The second-order valence-electron chi connectivity index (χ2n) is 4.64. The molecule has 110 valence electrons. The van der Waals surface area contributed by atoms with E-state index < -0.39 is 0 Å². The van der Waals surface area contributed by atoms with Crippen LogP contribution < -0.4 is 5.43 Å². The van der Waals surface area contributed by atoms with E-state index in [1.165, 1.54) is 6.07 Å². The van der Waals surface area contributed by atoms with Crippen LogP contribution in [0, 0.1) is 0 Å². The quantitative estimate of drug-likeness (QED) is 0.294. The first kappa shape index (κ1) is 14.7. The minimum absolute atomic E-state index is 0.118. The maximum absolute atomic E-state index is 9.93. The molecule has 2 aromatic carbocycles. The Morgan fingerprint density at radius 3 is 2.33 bits per heavy atom. The zero-order valence-electron chi connectivity index (χ0n) is 11.7. The second-order valence-corrected chi connectivity index (χ2v) is 4.64. The first-order valence-corrected chi connectivity index (χ1v) is 6.74. The fraction of sp³-hybridized carbons (Fsp3) is 0.188. The molecule has 0 fully saturated rings. The molecule has 0 heterocycles. The molecule has 0 aliphatic rings. The van der Waals surface area contributed by atoms with Crippen LogP contribution in [0.4, 0.5) is 5.69 Å². The summed E-state index contributed by atoms with van der Waals surface area (Å²) in [6.07, 6.45) is 1.45. The fourth-order valence-electron chi connectivity index (χ4n) is 1.93. The predicted octanol–water partition coefficient (Wildman–Crippen LogP) is 3.42. The van der Waals surface area contributed by atoms with Crippen LogP contribution in [0.1, 0.15) is 25.3 Å². The van der Waals surface area contributed by atoms with Crippen molar-refractivity contribution in [2.75, 3.05) is 5.43 Å². The van der Waals surface area contributed by atoms with Gasteiger partial charge in [-0.05, 0) is 24.6 Å². The van der Waals surface area contributed by atoms with Crippen LogP contribution in [0.15, 0.2) is 47.6 Å². The first-order valence-electron chi connectivity index (χ1n) is 6.74. The van der Waals surface area contributed by atoms with Gasteiger partial charge in [0.25, 0.3) is 0 Å². The third-order valence-corrected chi connectivity index (χ3v) is 2.98. The van der Waals surface area contributed by atoms with Crippen molar-refractivity contribution in [3.63, 3.8) is 0 Å². The molecule has 0 bridgehead atoms. The maximum atomic E-state index is 9.93. The van der Waals surface area contributed by atoms with Crippen molar-refractivity contribution in [3.05, 3.63) is 48.0 Å². The third kappa shape index (κ3) is 3.66. The largest absolute Gasteiger partial charge is 0.507 e. The summed E-state index contributed by atoms with van der Waals surface area (Å²) in [6.45, 7) is 2.00. The number of nitrogens with one attached hydrogen (secondary N) is 1. The summed E-state index contributed by atoms with van der Waals surface area (Å²) < 4.78 is 0. The Morgan fingerprint density at radius 1 is 1.00 bits per heavy atom. The number of nitrogens with zero attached hydrogens (tertiary/aromatic N) is 1. The summed E-state index contributed by atoms with van der Waals surface area (Å²) in [4.78, 5) is 0. The van der Waals surface area contributed by atoms with Gasteiger partial charge in [0.2, 0.25) is 0 Å². The molecule has 0 unspecified atom stereocenters. The molecule has 5 heteroatoms. The van der Waals surface area contributed by atoms with Crippen LogP contribution in [0.2, 0.25) is 0 Å². The molecular weight excluding hydrogens is 268 g/mol. The van der Waals surface area contributed by atoms with E-state index in [1.54, 1.807) is 0 Å². The zero-order valence-corrected chi connectivity index (χ0v) is 11.7. The Labute approximate surface area is 123 Å². The number of phenolic OH excluding ortho intramolecular Hbond substituents is 3. The Hall–Kier alpha value is -2.69. The summed E-state index contributed by atoms with van der Waals surface area (Å²) in [7, 11) is 0. The topological polar surface area (TPSA) is 85.1 Å². The Kier molecular flexibility index (Phi) is 4.66. The molecule has 0 atom stereocenters. The average Bonchev–Trinajstić information content (AvgIpc) is 2.48. The van der Waals surface area contributed by atoms with Gasteiger partial charge in [0, 0.05) is 11.6 Å². The van der Waals surface area contributed by atoms with Crippen molar-refractivity contribution < 1.29 is 15.3 Å². The molecule has 0 aliphatic heterocycles. The normalized spacial score (nSPS) is 11.4. The first-order chi connectivity index (χ1) is 10.1. The Balaban J connectivity index is 2.32. The molecule has 2 aromatic rings. The second kappa shape index (κ2) is 6.65. The number of hydrazone groups is 1. The zero-order chi connectivity index (χ0) is 15.2. The Bertz CT molecular complexity index is 639. The molecular formula is C16H18N2O3. The van der Waals surface area contributed by atoms with Gasteiger partial charge in [-0.2, -0.15) is 5.10 Å². The van der Waals surface area contributed by atoms with Crippen LogP contribution in [-0.2, 0) is 0 Å². The van der Waals surface area contributed by atoms with E-state index in [9.17, 15) is 15.3 Å². The smallest absolute Gasteiger partial charge is 0.161 e. The third-order valence-electron chi connectivity index (χ3n) is 2.98. The molecule has 0 spiro atoms. The van der Waals surface area contributed by atoms with Crippen molar-refractivity contribution in [1.82, 2.24) is 0 Å². The van der Waals surface area contributed by atoms with Crippen molar-refractivity contribution >= 4 is 11.4 Å². The predicted molar refractivity (Wildman–Crippen MR) is 82.9 cm³/mol. The number of phenols is 3. The number of rotatable bonds is 5. The molecule has 21 heavy (non-hydrogen) atoms. The highest BCUT2D eigenvalue weighted by atomic mass is 16.3. The van der Waals surface area contributed by atoms with E-state index in [-0.39, 0.29) is 17.2 Å². The number of benzene rings is 2. The van der Waals surface area contributed by atoms with Crippen LogP contribution in [-0.4, -0.2) is 21.0 Å². The molecule has 0 amide bonds. The average molecular weight is 286 g/mol. The van der Waals surface area contributed by atoms with E-state index in [2.05, 4.69) is 10.5 Å². The number of hydrogen-bond acceptors (Lipinski definition) is 5. The van der Waals surface area contributed by atoms with E-state index in [0.29, 0.717) is 17.7 Å². The molecule has 0 aliphatic carbocycles. The van der Waals surface area contributed by atoms with E-state index in [0.717, 1.165) is 18.2 Å². The van der Waals surface area contributed by atoms with Crippen LogP contribution in [0.3, 0.4) is 0 Å². The summed E-state index contributed by atoms with van der Waals surface area (Å²) in [5.74, 6) is -0.762. The summed E-state index contributed by atoms with van der Waals surface area (Å²) in [6, 6.07) is 11.9. The summed E-state index contributed by atoms with van der Waals surface area (Å²) in [5, 5.41) is 33.2. The van der Waals surface area contributed by atoms with Gasteiger partial charge in [0.1, 0.15) is 5.75 Å². The lowest BCUT2D eigenvalue weighted by Gasteiger charge is -2.10. The highest BCUT2D eigenvalue weighted by Crippen LogP contribution is 2.33. The van der Waals surface area contributed by atoms with Crippen LogP contribution in [0.5, 0.6) is 17.2 Å². The lowest BCUT2D eigenvalue weighted by Crippen LogP contribution is -2.05. The van der Waals surface area contributed by atoms with E-state index >= 15 is 0 Å². The molecule has 0 saturated heterocycles. The van der Waals surface area contributed by atoms with Gasteiger partial charge in [-0.3, -0.25) is 5.43 Å². The van der Waals surface area contributed by atoms with E-state index in [1.807, 2.05) is 37.3 Å². The number of hydrogen-bond donors (Lipinski definition) is 4. The lowest BCUT2D eigenvalue weighted by molar-refractivity contribution is 0.396. The highest BCUT2D eigenvalue weighted by Gasteiger charge is 2.13. The molecule has 5 nitrogen and oxygen atoms in total. The minimum atomic E-state index is -0.358. The fourth-order valence-corrected chi connectivity index (χ4v) is 1.93. The van der Waals surface area contributed by atoms with Crippen molar-refractivity contribution in [2.24, 2.45) is 5.10 Å². The van der Waals surface area contributed by atoms with Gasteiger partial charge in [0.15, 0.2) is 11.5 Å². The highest BCUT2D eigenvalue weighted by molar-refractivity contribution is 6.03. The number of para-hydroxylation sites is 1. The van der Waals surface area contributed by atoms with Gasteiger partial charge in [-0.15, -0.1) is 0 Å². The van der Waals surface area contributed by atoms with Crippen molar-refractivity contribution in [1.29, 1.82) is 0 Å². The van der Waals surface area contributed by atoms with Gasteiger partial charge in [-0.1, -0.05) is 31.5 Å². The van der Waals surface area contributed by atoms with Crippen LogP contribution >= 0.6 is 0 Å². The monoisotopic (exact) mass is 286 g/mol. The van der Waals surface area contributed by atoms with Gasteiger partial charge >= 0.3 is 0 Å². The molecule has 0 aromatic heterocycles. The van der Waals surface area contributed by atoms with Crippen molar-refractivity contribution in [2.45, 2.75) is 19.8 Å². The summed E-state index contributed by atoms with van der Waals surface area (Å²) >= 11 is 0. The number of anilines is 1. The number of aromatic hydroxyl groups is 3. The van der Waals surface area contributed by atoms with Gasteiger partial charge in [0.05, 0.1) is 11.4 Å². The molecule has 0 radical (unpaired) electrons. The SMILES string of the molecule is CCC/C(=N/Nc1ccccc1)c1cc(O)c(O)cc1O.